The van der Waals surface area contributed by atoms with Gasteiger partial charge >= 0.3 is 0 Å². The molecule has 4 nitrogen and oxygen atoms in total. The summed E-state index contributed by atoms with van der Waals surface area (Å²) in [5.74, 6) is -0.161. The van der Waals surface area contributed by atoms with Crippen molar-refractivity contribution in [1.29, 1.82) is 0 Å². The Hall–Kier alpha value is -3.66. The Bertz CT molecular complexity index is 943. The average molecular weight is 357 g/mol. The Labute approximate surface area is 157 Å². The molecule has 0 aliphatic heterocycles. The van der Waals surface area contributed by atoms with E-state index >= 15 is 0 Å². The van der Waals surface area contributed by atoms with E-state index in [-0.39, 0.29) is 12.4 Å². The fourth-order valence-electron chi connectivity index (χ4n) is 2.56. The van der Waals surface area contributed by atoms with Gasteiger partial charge in [0.05, 0.1) is 0 Å². The van der Waals surface area contributed by atoms with Crippen LogP contribution in [-0.2, 0) is 4.79 Å². The third-order valence-corrected chi connectivity index (χ3v) is 3.96. The number of nitrogens with two attached hydrogens (primary N) is 1. The van der Waals surface area contributed by atoms with Crippen LogP contribution in [-0.4, -0.2) is 18.3 Å². The van der Waals surface area contributed by atoms with Crippen LogP contribution in [0.4, 0.5) is 0 Å². The topological polar surface area (TPSA) is 69.4 Å². The smallest absolute Gasteiger partial charge is 0.255 e. The second kappa shape index (κ2) is 8.63. The lowest BCUT2D eigenvalue weighted by Crippen LogP contribution is -2.19. The fraction of sp³-hybridized carbons (Fsp3) is 0.0435. The summed E-state index contributed by atoms with van der Waals surface area (Å²) in [6, 6.07) is 24.7. The first-order chi connectivity index (χ1) is 13.1. The average Bonchev–Trinajstić information content (AvgIpc) is 2.72. The molecular weight excluding hydrogens is 338 g/mol. The minimum absolute atomic E-state index is 0.108. The number of carbonyl (C=O) groups is 2. The van der Waals surface area contributed by atoms with Crippen LogP contribution < -0.4 is 10.5 Å². The molecule has 0 fully saturated rings. The van der Waals surface area contributed by atoms with Crippen LogP contribution in [0.25, 0.3) is 17.2 Å². The first-order valence-corrected chi connectivity index (χ1v) is 8.51. The molecule has 0 heterocycles. The van der Waals surface area contributed by atoms with Crippen molar-refractivity contribution in [2.75, 3.05) is 6.61 Å². The normalized spacial score (nSPS) is 10.7. The molecule has 0 saturated heterocycles. The van der Waals surface area contributed by atoms with Crippen LogP contribution in [0.2, 0.25) is 0 Å². The van der Waals surface area contributed by atoms with E-state index in [2.05, 4.69) is 12.1 Å². The summed E-state index contributed by atoms with van der Waals surface area (Å²) in [6.45, 7) is -0.188. The van der Waals surface area contributed by atoms with Gasteiger partial charge in [-0.3, -0.25) is 9.59 Å². The standard InChI is InChI=1S/C23H19NO3/c24-23(26)16-27-21-13-11-20(12-14-21)22(25)15-8-17-6-9-19(10-7-17)18-4-2-1-3-5-18/h1-15H,16H2,(H2,24,26)/b15-8+. The van der Waals surface area contributed by atoms with E-state index in [1.165, 1.54) is 6.08 Å². The summed E-state index contributed by atoms with van der Waals surface area (Å²) in [7, 11) is 0. The Morgan fingerprint density at radius 1 is 0.815 bits per heavy atom. The van der Waals surface area contributed by atoms with Crippen LogP contribution in [0.3, 0.4) is 0 Å². The second-order valence-electron chi connectivity index (χ2n) is 5.96. The van der Waals surface area contributed by atoms with Crippen LogP contribution in [0.5, 0.6) is 5.75 Å². The van der Waals surface area contributed by atoms with E-state index < -0.39 is 5.91 Å². The maximum absolute atomic E-state index is 12.3. The number of primary amides is 1. The Balaban J connectivity index is 1.63. The van der Waals surface area contributed by atoms with Gasteiger partial charge in [0.1, 0.15) is 5.75 Å². The fourth-order valence-corrected chi connectivity index (χ4v) is 2.56. The highest BCUT2D eigenvalue weighted by Crippen LogP contribution is 2.20. The molecule has 0 aliphatic carbocycles. The van der Waals surface area contributed by atoms with Gasteiger partial charge in [0.15, 0.2) is 12.4 Å². The van der Waals surface area contributed by atoms with Crippen molar-refractivity contribution in [2.24, 2.45) is 5.73 Å². The van der Waals surface area contributed by atoms with Gasteiger partial charge in [-0.15, -0.1) is 0 Å². The Morgan fingerprint density at radius 3 is 2.07 bits per heavy atom. The minimum atomic E-state index is -0.545. The zero-order valence-corrected chi connectivity index (χ0v) is 14.7. The van der Waals surface area contributed by atoms with E-state index in [9.17, 15) is 9.59 Å². The highest BCUT2D eigenvalue weighted by atomic mass is 16.5. The summed E-state index contributed by atoms with van der Waals surface area (Å²) in [5.41, 5.74) is 8.80. The SMILES string of the molecule is NC(=O)COc1ccc(C(=O)/C=C/c2ccc(-c3ccccc3)cc2)cc1. The number of rotatable bonds is 7. The van der Waals surface area contributed by atoms with E-state index in [4.69, 9.17) is 10.5 Å². The first-order valence-electron chi connectivity index (χ1n) is 8.51. The van der Waals surface area contributed by atoms with Crippen LogP contribution >= 0.6 is 0 Å². The monoisotopic (exact) mass is 357 g/mol. The number of benzene rings is 3. The molecule has 4 heteroatoms. The number of allylic oxidation sites excluding steroid dienone is 1. The molecule has 0 unspecified atom stereocenters. The van der Waals surface area contributed by atoms with Crippen molar-refractivity contribution in [1.82, 2.24) is 0 Å². The predicted molar refractivity (Wildman–Crippen MR) is 106 cm³/mol. The molecule has 0 aliphatic rings. The number of carbonyl (C=O) groups excluding carboxylic acids is 2. The number of hydrogen-bond donors (Lipinski definition) is 1. The first kappa shape index (κ1) is 18.1. The highest BCUT2D eigenvalue weighted by molar-refractivity contribution is 6.06. The molecule has 3 aromatic carbocycles. The van der Waals surface area contributed by atoms with Gasteiger partial charge in [-0.25, -0.2) is 0 Å². The van der Waals surface area contributed by atoms with Gasteiger partial charge in [0.25, 0.3) is 5.91 Å². The predicted octanol–water partition coefficient (Wildman–Crippen LogP) is 4.11. The molecule has 134 valence electrons. The van der Waals surface area contributed by atoms with E-state index in [0.717, 1.165) is 16.7 Å². The molecule has 2 N–H and O–H groups in total. The maximum atomic E-state index is 12.3. The molecule has 0 bridgehead atoms. The van der Waals surface area contributed by atoms with Crippen molar-refractivity contribution >= 4 is 17.8 Å². The van der Waals surface area contributed by atoms with Crippen molar-refractivity contribution in [3.05, 3.63) is 96.1 Å². The number of ether oxygens (including phenoxy) is 1. The lowest BCUT2D eigenvalue weighted by molar-refractivity contribution is -0.119. The molecular formula is C23H19NO3. The molecule has 3 aromatic rings. The molecule has 0 saturated carbocycles. The zero-order chi connectivity index (χ0) is 19.1. The maximum Gasteiger partial charge on any atom is 0.255 e. The largest absolute Gasteiger partial charge is 0.484 e. The van der Waals surface area contributed by atoms with Crippen LogP contribution in [0.15, 0.2) is 84.9 Å². The molecule has 27 heavy (non-hydrogen) atoms. The van der Waals surface area contributed by atoms with E-state index in [0.29, 0.717) is 11.3 Å². The Kier molecular flexibility index (Phi) is 5.80. The van der Waals surface area contributed by atoms with E-state index in [1.54, 1.807) is 30.3 Å². The van der Waals surface area contributed by atoms with Crippen molar-refractivity contribution in [3.8, 4) is 16.9 Å². The quantitative estimate of drug-likeness (QED) is 0.511. The third-order valence-electron chi connectivity index (χ3n) is 3.96. The molecule has 0 spiro atoms. The number of amides is 1. The Morgan fingerprint density at radius 2 is 1.44 bits per heavy atom. The van der Waals surface area contributed by atoms with Gasteiger partial charge in [-0.1, -0.05) is 60.7 Å². The van der Waals surface area contributed by atoms with Crippen molar-refractivity contribution < 1.29 is 14.3 Å². The third kappa shape index (κ3) is 5.16. The van der Waals surface area contributed by atoms with Crippen LogP contribution in [0, 0.1) is 0 Å². The summed E-state index contributed by atoms with van der Waals surface area (Å²) in [4.78, 5) is 23.0. The number of ketones is 1. The van der Waals surface area contributed by atoms with Crippen molar-refractivity contribution in [2.45, 2.75) is 0 Å². The molecule has 0 radical (unpaired) electrons. The van der Waals surface area contributed by atoms with Gasteiger partial charge in [0.2, 0.25) is 0 Å². The summed E-state index contributed by atoms with van der Waals surface area (Å²) in [5, 5.41) is 0. The summed E-state index contributed by atoms with van der Waals surface area (Å²) >= 11 is 0. The number of hydrogen-bond acceptors (Lipinski definition) is 3. The zero-order valence-electron chi connectivity index (χ0n) is 14.7. The van der Waals surface area contributed by atoms with Gasteiger partial charge in [-0.2, -0.15) is 0 Å². The lowest BCUT2D eigenvalue weighted by atomic mass is 10.0. The molecule has 1 amide bonds. The molecule has 0 aromatic heterocycles. The second-order valence-corrected chi connectivity index (χ2v) is 5.96. The minimum Gasteiger partial charge on any atom is -0.484 e. The van der Waals surface area contributed by atoms with Gasteiger partial charge in [-0.05, 0) is 47.0 Å². The van der Waals surface area contributed by atoms with Gasteiger partial charge in [0, 0.05) is 5.56 Å². The van der Waals surface area contributed by atoms with E-state index in [1.807, 2.05) is 42.5 Å². The summed E-state index contributed by atoms with van der Waals surface area (Å²) < 4.78 is 5.18. The van der Waals surface area contributed by atoms with Gasteiger partial charge < -0.3 is 10.5 Å². The van der Waals surface area contributed by atoms with Crippen LogP contribution in [0.1, 0.15) is 15.9 Å². The molecule has 3 rings (SSSR count). The summed E-state index contributed by atoms with van der Waals surface area (Å²) in [6.07, 6.45) is 3.32. The highest BCUT2D eigenvalue weighted by Gasteiger charge is 2.03. The lowest BCUT2D eigenvalue weighted by Gasteiger charge is -2.04. The molecule has 0 atom stereocenters. The van der Waals surface area contributed by atoms with Crippen molar-refractivity contribution in [3.63, 3.8) is 0 Å².